The third-order valence-corrected chi connectivity index (χ3v) is 5.10. The molecule has 2 saturated carbocycles. The number of hydrogen-bond acceptors (Lipinski definition) is 3. The second-order valence-corrected chi connectivity index (χ2v) is 6.11. The zero-order chi connectivity index (χ0) is 13.9. The van der Waals surface area contributed by atoms with E-state index in [2.05, 4.69) is 18.9 Å². The highest BCUT2D eigenvalue weighted by Crippen LogP contribution is 2.55. The third kappa shape index (κ3) is 2.95. The second kappa shape index (κ2) is 6.23. The van der Waals surface area contributed by atoms with E-state index in [0.717, 1.165) is 13.0 Å². The lowest BCUT2D eigenvalue weighted by Gasteiger charge is -2.60. The Labute approximate surface area is 116 Å². The molecule has 0 heterocycles. The van der Waals surface area contributed by atoms with Gasteiger partial charge in [0.25, 0.3) is 0 Å². The summed E-state index contributed by atoms with van der Waals surface area (Å²) in [5, 5.41) is 8.82. The van der Waals surface area contributed by atoms with Gasteiger partial charge in [0.15, 0.2) is 0 Å². The molecule has 0 aliphatic heterocycles. The summed E-state index contributed by atoms with van der Waals surface area (Å²) in [6.45, 7) is 3.51. The lowest BCUT2D eigenvalue weighted by Crippen LogP contribution is -2.64. The molecular weight excluding hydrogens is 242 g/mol. The first-order chi connectivity index (χ1) is 9.10. The molecule has 0 amide bonds. The molecule has 110 valence electrons. The number of carboxylic acids is 1. The zero-order valence-electron chi connectivity index (χ0n) is 12.2. The monoisotopic (exact) mass is 269 g/mol. The van der Waals surface area contributed by atoms with Gasteiger partial charge in [0.1, 0.15) is 0 Å². The van der Waals surface area contributed by atoms with Gasteiger partial charge < -0.3 is 14.7 Å². The number of aliphatic carboxylic acids is 1. The molecule has 0 aromatic carbocycles. The molecule has 0 saturated heterocycles. The first-order valence-corrected chi connectivity index (χ1v) is 7.64. The Morgan fingerprint density at radius 2 is 2.05 bits per heavy atom. The summed E-state index contributed by atoms with van der Waals surface area (Å²) in [5.41, 5.74) is 0.307. The van der Waals surface area contributed by atoms with Crippen molar-refractivity contribution in [1.29, 1.82) is 0 Å². The van der Waals surface area contributed by atoms with E-state index in [1.165, 1.54) is 32.1 Å². The molecule has 2 aliphatic carbocycles. The second-order valence-electron chi connectivity index (χ2n) is 6.11. The highest BCUT2D eigenvalue weighted by Gasteiger charge is 2.56. The first-order valence-electron chi connectivity index (χ1n) is 7.64. The number of rotatable bonds is 6. The van der Waals surface area contributed by atoms with Gasteiger partial charge in [0, 0.05) is 24.6 Å². The number of nitrogens with zero attached hydrogens (tertiary/aromatic N) is 1. The van der Waals surface area contributed by atoms with Crippen LogP contribution in [-0.4, -0.2) is 48.3 Å². The Kier molecular flexibility index (Phi) is 4.85. The molecule has 2 aliphatic rings. The average Bonchev–Trinajstić information content (AvgIpc) is 2.41. The molecule has 2 rings (SSSR count). The fraction of sp³-hybridized carbons (Fsp3) is 0.933. The van der Waals surface area contributed by atoms with Gasteiger partial charge in [-0.25, -0.2) is 0 Å². The van der Waals surface area contributed by atoms with E-state index in [9.17, 15) is 4.79 Å². The van der Waals surface area contributed by atoms with Crippen molar-refractivity contribution < 1.29 is 14.6 Å². The van der Waals surface area contributed by atoms with E-state index in [1.54, 1.807) is 0 Å². The average molecular weight is 269 g/mol. The first kappa shape index (κ1) is 14.8. The minimum absolute atomic E-state index is 0.238. The summed E-state index contributed by atoms with van der Waals surface area (Å²) < 4.78 is 5.93. The van der Waals surface area contributed by atoms with Crippen molar-refractivity contribution in [3.63, 3.8) is 0 Å². The van der Waals surface area contributed by atoms with Crippen molar-refractivity contribution in [3.8, 4) is 0 Å². The van der Waals surface area contributed by atoms with E-state index in [4.69, 9.17) is 9.84 Å². The third-order valence-electron chi connectivity index (χ3n) is 5.10. The highest BCUT2D eigenvalue weighted by atomic mass is 16.5. The lowest BCUT2D eigenvalue weighted by atomic mass is 9.54. The van der Waals surface area contributed by atoms with E-state index < -0.39 is 5.97 Å². The summed E-state index contributed by atoms with van der Waals surface area (Å²) in [4.78, 5) is 13.0. The predicted molar refractivity (Wildman–Crippen MR) is 74.2 cm³/mol. The van der Waals surface area contributed by atoms with Crippen LogP contribution in [0.2, 0.25) is 0 Å². The van der Waals surface area contributed by atoms with Gasteiger partial charge >= 0.3 is 5.97 Å². The number of carbonyl (C=O) groups is 1. The standard InChI is InChI=1S/C15H27NO3/c1-3-19-13-11-12(16(2)10-7-14(17)18)15(13)8-5-4-6-9-15/h12-13H,3-11H2,1-2H3,(H,17,18)/t12-,13+/m0/s1. The van der Waals surface area contributed by atoms with E-state index in [-0.39, 0.29) is 6.42 Å². The minimum atomic E-state index is -0.703. The molecule has 2 fully saturated rings. The topological polar surface area (TPSA) is 49.8 Å². The van der Waals surface area contributed by atoms with Crippen molar-refractivity contribution in [3.05, 3.63) is 0 Å². The van der Waals surface area contributed by atoms with Crippen molar-refractivity contribution in [2.24, 2.45) is 5.41 Å². The fourth-order valence-corrected chi connectivity index (χ4v) is 4.07. The number of carboxylic acid groups (broad SMARTS) is 1. The summed E-state index contributed by atoms with van der Waals surface area (Å²) in [6.07, 6.45) is 8.15. The number of ether oxygens (including phenoxy) is 1. The number of hydrogen-bond donors (Lipinski definition) is 1. The van der Waals surface area contributed by atoms with Crippen molar-refractivity contribution >= 4 is 5.97 Å². The SMILES string of the molecule is CCO[C@@H]1C[C@H](N(C)CCC(=O)O)C12CCCCC2. The Balaban J connectivity index is 1.98. The molecule has 1 N–H and O–H groups in total. The van der Waals surface area contributed by atoms with Crippen LogP contribution in [0.1, 0.15) is 51.9 Å². The van der Waals surface area contributed by atoms with Crippen LogP contribution in [0.25, 0.3) is 0 Å². The Morgan fingerprint density at radius 1 is 1.37 bits per heavy atom. The highest BCUT2D eigenvalue weighted by molar-refractivity contribution is 5.66. The molecule has 0 aromatic heterocycles. The van der Waals surface area contributed by atoms with Gasteiger partial charge in [-0.2, -0.15) is 0 Å². The van der Waals surface area contributed by atoms with Crippen LogP contribution < -0.4 is 0 Å². The molecule has 2 atom stereocenters. The Bertz CT molecular complexity index is 313. The van der Waals surface area contributed by atoms with Gasteiger partial charge in [-0.15, -0.1) is 0 Å². The van der Waals surface area contributed by atoms with Crippen LogP contribution in [0, 0.1) is 5.41 Å². The van der Waals surface area contributed by atoms with Crippen molar-refractivity contribution in [2.75, 3.05) is 20.2 Å². The molecule has 0 radical (unpaired) electrons. The summed E-state index contributed by atoms with van der Waals surface area (Å²) in [7, 11) is 2.08. The molecular formula is C15H27NO3. The molecule has 4 nitrogen and oxygen atoms in total. The normalized spacial score (nSPS) is 29.4. The predicted octanol–water partition coefficient (Wildman–Crippen LogP) is 2.52. The maximum atomic E-state index is 10.7. The minimum Gasteiger partial charge on any atom is -0.481 e. The summed E-state index contributed by atoms with van der Waals surface area (Å²) >= 11 is 0. The maximum Gasteiger partial charge on any atom is 0.304 e. The van der Waals surface area contributed by atoms with Gasteiger partial charge in [0.2, 0.25) is 0 Å². The van der Waals surface area contributed by atoms with Crippen molar-refractivity contribution in [2.45, 2.75) is 64.0 Å². The van der Waals surface area contributed by atoms with Gasteiger partial charge in [-0.3, -0.25) is 4.79 Å². The summed E-state index contributed by atoms with van der Waals surface area (Å²) in [5.74, 6) is -0.703. The molecule has 0 unspecified atom stereocenters. The summed E-state index contributed by atoms with van der Waals surface area (Å²) in [6, 6.07) is 0.517. The van der Waals surface area contributed by atoms with Crippen LogP contribution in [-0.2, 0) is 9.53 Å². The largest absolute Gasteiger partial charge is 0.481 e. The van der Waals surface area contributed by atoms with Crippen molar-refractivity contribution in [1.82, 2.24) is 4.90 Å². The van der Waals surface area contributed by atoms with Gasteiger partial charge in [-0.05, 0) is 33.2 Å². The lowest BCUT2D eigenvalue weighted by molar-refractivity contribution is -0.179. The Morgan fingerprint density at radius 3 is 2.63 bits per heavy atom. The van der Waals surface area contributed by atoms with Crippen LogP contribution in [0.3, 0.4) is 0 Å². The van der Waals surface area contributed by atoms with E-state index >= 15 is 0 Å². The zero-order valence-corrected chi connectivity index (χ0v) is 12.2. The van der Waals surface area contributed by atoms with Gasteiger partial charge in [0.05, 0.1) is 12.5 Å². The Hall–Kier alpha value is -0.610. The molecule has 0 aromatic rings. The van der Waals surface area contributed by atoms with E-state index in [1.807, 2.05) is 0 Å². The molecule has 4 heteroatoms. The quantitative estimate of drug-likeness (QED) is 0.805. The van der Waals surface area contributed by atoms with Crippen LogP contribution in [0.4, 0.5) is 0 Å². The molecule has 0 bridgehead atoms. The van der Waals surface area contributed by atoms with E-state index in [0.29, 0.717) is 24.1 Å². The van der Waals surface area contributed by atoms with Crippen LogP contribution in [0.15, 0.2) is 0 Å². The van der Waals surface area contributed by atoms with Gasteiger partial charge in [-0.1, -0.05) is 19.3 Å². The van der Waals surface area contributed by atoms with Crippen LogP contribution in [0.5, 0.6) is 0 Å². The molecule has 1 spiro atoms. The fourth-order valence-electron chi connectivity index (χ4n) is 4.07. The van der Waals surface area contributed by atoms with Crippen LogP contribution >= 0.6 is 0 Å². The maximum absolute atomic E-state index is 10.7. The molecule has 19 heavy (non-hydrogen) atoms. The smallest absolute Gasteiger partial charge is 0.304 e.